The van der Waals surface area contributed by atoms with Crippen LogP contribution in [0, 0.1) is 0 Å². The van der Waals surface area contributed by atoms with E-state index in [2.05, 4.69) is 5.32 Å². The summed E-state index contributed by atoms with van der Waals surface area (Å²) in [7, 11) is 0. The Morgan fingerprint density at radius 2 is 2.00 bits per heavy atom. The van der Waals surface area contributed by atoms with E-state index in [1.54, 1.807) is 0 Å². The summed E-state index contributed by atoms with van der Waals surface area (Å²) in [6.07, 6.45) is 0.725. The lowest BCUT2D eigenvalue weighted by Crippen LogP contribution is -2.40. The van der Waals surface area contributed by atoms with Gasteiger partial charge in [0.05, 0.1) is 6.61 Å². The fourth-order valence-corrected chi connectivity index (χ4v) is 1.34. The molecular formula is C13H17NO4. The van der Waals surface area contributed by atoms with Crippen molar-refractivity contribution in [2.24, 2.45) is 0 Å². The van der Waals surface area contributed by atoms with Crippen LogP contribution in [0.15, 0.2) is 30.3 Å². The van der Waals surface area contributed by atoms with Gasteiger partial charge in [0.1, 0.15) is 12.6 Å². The van der Waals surface area contributed by atoms with Crippen molar-refractivity contribution in [1.82, 2.24) is 5.32 Å². The highest BCUT2D eigenvalue weighted by Gasteiger charge is 2.13. The lowest BCUT2D eigenvalue weighted by molar-refractivity contribution is -0.142. The van der Waals surface area contributed by atoms with E-state index in [0.29, 0.717) is 6.61 Å². The molecule has 0 saturated carbocycles. The summed E-state index contributed by atoms with van der Waals surface area (Å²) >= 11 is 0. The maximum Gasteiger partial charge on any atom is 0.325 e. The predicted molar refractivity (Wildman–Crippen MR) is 66.2 cm³/mol. The molecule has 1 atom stereocenters. The minimum atomic E-state index is -1.06. The second-order valence-corrected chi connectivity index (χ2v) is 3.92. The average molecular weight is 251 g/mol. The van der Waals surface area contributed by atoms with E-state index in [-0.39, 0.29) is 6.61 Å². The number of ether oxygens (including phenoxy) is 1. The van der Waals surface area contributed by atoms with Gasteiger partial charge in [-0.3, -0.25) is 9.59 Å². The van der Waals surface area contributed by atoms with Crippen LogP contribution in [0.2, 0.25) is 0 Å². The zero-order chi connectivity index (χ0) is 13.4. The number of carboxylic acids is 1. The first-order chi connectivity index (χ1) is 8.59. The molecule has 0 saturated heterocycles. The van der Waals surface area contributed by atoms with Gasteiger partial charge in [-0.2, -0.15) is 0 Å². The van der Waals surface area contributed by atoms with Crippen molar-refractivity contribution in [3.63, 3.8) is 0 Å². The molecule has 0 aliphatic heterocycles. The van der Waals surface area contributed by atoms with Crippen LogP contribution < -0.4 is 5.32 Å². The van der Waals surface area contributed by atoms with Crippen molar-refractivity contribution in [2.45, 2.75) is 19.4 Å². The molecule has 2 N–H and O–H groups in total. The molecule has 98 valence electrons. The van der Waals surface area contributed by atoms with Crippen molar-refractivity contribution in [3.05, 3.63) is 35.9 Å². The highest BCUT2D eigenvalue weighted by Crippen LogP contribution is 1.99. The maximum absolute atomic E-state index is 11.3. The number of nitrogens with one attached hydrogen (secondary N) is 1. The molecule has 18 heavy (non-hydrogen) atoms. The van der Waals surface area contributed by atoms with E-state index >= 15 is 0 Å². The normalized spacial score (nSPS) is 11.8. The zero-order valence-electron chi connectivity index (χ0n) is 10.3. The van der Waals surface area contributed by atoms with Gasteiger partial charge in [0.25, 0.3) is 0 Å². The fraction of sp³-hybridized carbons (Fsp3) is 0.385. The number of hydrogen-bond donors (Lipinski definition) is 2. The minimum Gasteiger partial charge on any atom is -0.480 e. The lowest BCUT2D eigenvalue weighted by Gasteiger charge is -2.09. The largest absolute Gasteiger partial charge is 0.480 e. The molecule has 0 aliphatic rings. The van der Waals surface area contributed by atoms with E-state index < -0.39 is 17.9 Å². The van der Waals surface area contributed by atoms with Crippen LogP contribution in [0.5, 0.6) is 0 Å². The molecule has 1 amide bonds. The number of benzene rings is 1. The van der Waals surface area contributed by atoms with Crippen LogP contribution in [0.25, 0.3) is 0 Å². The van der Waals surface area contributed by atoms with Crippen molar-refractivity contribution in [1.29, 1.82) is 0 Å². The van der Waals surface area contributed by atoms with E-state index in [4.69, 9.17) is 9.84 Å². The van der Waals surface area contributed by atoms with Gasteiger partial charge in [0, 0.05) is 0 Å². The summed E-state index contributed by atoms with van der Waals surface area (Å²) < 4.78 is 5.18. The first-order valence-corrected chi connectivity index (χ1v) is 5.73. The van der Waals surface area contributed by atoms with Crippen LogP contribution in [-0.2, 0) is 20.7 Å². The standard InChI is InChI=1S/C13H17NO4/c1-10(13(16)17)14-12(15)9-18-8-7-11-5-3-2-4-6-11/h2-6,10H,7-9H2,1H3,(H,14,15)(H,16,17)/t10-/m0/s1. The second-order valence-electron chi connectivity index (χ2n) is 3.92. The zero-order valence-corrected chi connectivity index (χ0v) is 10.3. The molecule has 0 fully saturated rings. The van der Waals surface area contributed by atoms with E-state index in [1.165, 1.54) is 6.92 Å². The monoisotopic (exact) mass is 251 g/mol. The summed E-state index contributed by atoms with van der Waals surface area (Å²) in [6, 6.07) is 8.89. The topological polar surface area (TPSA) is 75.6 Å². The number of aliphatic carboxylic acids is 1. The third kappa shape index (κ3) is 5.45. The Hall–Kier alpha value is -1.88. The molecule has 1 aromatic carbocycles. The molecule has 5 nitrogen and oxygen atoms in total. The summed E-state index contributed by atoms with van der Waals surface area (Å²) in [5.74, 6) is -1.48. The Labute approximate surface area is 106 Å². The molecule has 5 heteroatoms. The van der Waals surface area contributed by atoms with Crippen molar-refractivity contribution in [3.8, 4) is 0 Å². The highest BCUT2D eigenvalue weighted by atomic mass is 16.5. The van der Waals surface area contributed by atoms with Gasteiger partial charge in [-0.1, -0.05) is 30.3 Å². The van der Waals surface area contributed by atoms with Crippen molar-refractivity contribution in [2.75, 3.05) is 13.2 Å². The summed E-state index contributed by atoms with van der Waals surface area (Å²) in [6.45, 7) is 1.72. The van der Waals surface area contributed by atoms with Gasteiger partial charge in [0.2, 0.25) is 5.91 Å². The van der Waals surface area contributed by atoms with Crippen LogP contribution in [0.1, 0.15) is 12.5 Å². The SMILES string of the molecule is C[C@H](NC(=O)COCCc1ccccc1)C(=O)O. The number of carboxylic acid groups (broad SMARTS) is 1. The smallest absolute Gasteiger partial charge is 0.325 e. The molecule has 1 rings (SSSR count). The number of rotatable bonds is 7. The third-order valence-electron chi connectivity index (χ3n) is 2.36. The molecule has 0 unspecified atom stereocenters. The minimum absolute atomic E-state index is 0.121. The Balaban J connectivity index is 2.14. The van der Waals surface area contributed by atoms with Crippen LogP contribution in [-0.4, -0.2) is 36.2 Å². The highest BCUT2D eigenvalue weighted by molar-refractivity contribution is 5.83. The first kappa shape index (κ1) is 14.2. The van der Waals surface area contributed by atoms with E-state index in [1.807, 2.05) is 30.3 Å². The Bertz CT molecular complexity index is 391. The van der Waals surface area contributed by atoms with Gasteiger partial charge in [-0.05, 0) is 18.9 Å². The van der Waals surface area contributed by atoms with Gasteiger partial charge in [-0.25, -0.2) is 0 Å². The van der Waals surface area contributed by atoms with Gasteiger partial charge < -0.3 is 15.2 Å². The second kappa shape index (κ2) is 7.45. The van der Waals surface area contributed by atoms with Crippen LogP contribution in [0.3, 0.4) is 0 Å². The Morgan fingerprint density at radius 1 is 1.33 bits per heavy atom. The molecule has 0 heterocycles. The van der Waals surface area contributed by atoms with Crippen LogP contribution in [0.4, 0.5) is 0 Å². The maximum atomic E-state index is 11.3. The Morgan fingerprint density at radius 3 is 2.61 bits per heavy atom. The molecule has 0 bridgehead atoms. The average Bonchev–Trinajstić information content (AvgIpc) is 2.35. The van der Waals surface area contributed by atoms with Crippen LogP contribution >= 0.6 is 0 Å². The number of amides is 1. The van der Waals surface area contributed by atoms with E-state index in [0.717, 1.165) is 12.0 Å². The molecule has 0 spiro atoms. The lowest BCUT2D eigenvalue weighted by atomic mass is 10.2. The third-order valence-corrected chi connectivity index (χ3v) is 2.36. The molecule has 0 radical (unpaired) electrons. The Kier molecular flexibility index (Phi) is 5.87. The molecular weight excluding hydrogens is 234 g/mol. The summed E-state index contributed by atoms with van der Waals surface area (Å²) in [4.78, 5) is 21.8. The van der Waals surface area contributed by atoms with Gasteiger partial charge >= 0.3 is 5.97 Å². The first-order valence-electron chi connectivity index (χ1n) is 5.73. The molecule has 0 aromatic heterocycles. The van der Waals surface area contributed by atoms with E-state index in [9.17, 15) is 9.59 Å². The number of hydrogen-bond acceptors (Lipinski definition) is 3. The fourth-order valence-electron chi connectivity index (χ4n) is 1.34. The van der Waals surface area contributed by atoms with Crippen molar-refractivity contribution < 1.29 is 19.4 Å². The van der Waals surface area contributed by atoms with Crippen molar-refractivity contribution >= 4 is 11.9 Å². The number of carbonyl (C=O) groups is 2. The van der Waals surface area contributed by atoms with Gasteiger partial charge in [0.15, 0.2) is 0 Å². The quantitative estimate of drug-likeness (QED) is 0.704. The summed E-state index contributed by atoms with van der Waals surface area (Å²) in [5.41, 5.74) is 1.14. The molecule has 1 aromatic rings. The predicted octanol–water partition coefficient (Wildman–Crippen LogP) is 0.835. The van der Waals surface area contributed by atoms with Gasteiger partial charge in [-0.15, -0.1) is 0 Å². The number of carbonyl (C=O) groups excluding carboxylic acids is 1. The summed E-state index contributed by atoms with van der Waals surface area (Å²) in [5, 5.41) is 10.9. The molecule has 0 aliphatic carbocycles.